The molecule has 14 heteroatoms. The van der Waals surface area contributed by atoms with Crippen molar-refractivity contribution in [2.24, 2.45) is 0 Å². The van der Waals surface area contributed by atoms with Gasteiger partial charge in [-0.2, -0.15) is 0 Å². The van der Waals surface area contributed by atoms with E-state index in [0.29, 0.717) is 22.7 Å². The molecule has 0 fully saturated rings. The highest BCUT2D eigenvalue weighted by Crippen LogP contribution is 2.38. The Kier molecular flexibility index (Phi) is 7.59. The summed E-state index contributed by atoms with van der Waals surface area (Å²) >= 11 is 0. The molecule has 0 bridgehead atoms. The van der Waals surface area contributed by atoms with E-state index in [9.17, 15) is 12.8 Å². The van der Waals surface area contributed by atoms with Crippen molar-refractivity contribution in [3.05, 3.63) is 66.8 Å². The van der Waals surface area contributed by atoms with Gasteiger partial charge in [-0.25, -0.2) is 22.8 Å². The predicted octanol–water partition coefficient (Wildman–Crippen LogP) is 2.79. The van der Waals surface area contributed by atoms with Gasteiger partial charge in [0.25, 0.3) is 0 Å². The van der Waals surface area contributed by atoms with Crippen LogP contribution in [0.4, 0.5) is 10.3 Å². The number of para-hydroxylation sites is 1. The van der Waals surface area contributed by atoms with Crippen molar-refractivity contribution >= 4 is 16.0 Å². The second-order valence-corrected chi connectivity index (χ2v) is 9.74. The molecule has 1 aromatic carbocycles. The molecule has 0 saturated carbocycles. The van der Waals surface area contributed by atoms with E-state index in [1.165, 1.54) is 32.8 Å². The molecule has 0 aliphatic rings. The topological polar surface area (TPSA) is 143 Å². The maximum Gasteiger partial charge on any atom is 0.243 e. The number of sulfonamides is 1. The van der Waals surface area contributed by atoms with Gasteiger partial charge in [0.1, 0.15) is 28.5 Å². The number of hydrogen-bond acceptors (Lipinski definition) is 10. The third-order valence-electron chi connectivity index (χ3n) is 5.51. The number of rotatable bonds is 10. The molecular weight excluding hydrogens is 505 g/mol. The van der Waals surface area contributed by atoms with Crippen LogP contribution in [0.1, 0.15) is 18.9 Å². The Morgan fingerprint density at radius 2 is 1.65 bits per heavy atom. The summed E-state index contributed by atoms with van der Waals surface area (Å²) in [5, 5.41) is 7.13. The number of methoxy groups -OCH3 is 3. The third-order valence-corrected chi connectivity index (χ3v) is 7.20. The predicted molar refractivity (Wildman–Crippen MR) is 131 cm³/mol. The number of benzene rings is 1. The number of pyridine rings is 1. The molecule has 37 heavy (non-hydrogen) atoms. The summed E-state index contributed by atoms with van der Waals surface area (Å²) in [6.07, 6.45) is 3.93. The van der Waals surface area contributed by atoms with Gasteiger partial charge in [-0.05, 0) is 31.2 Å². The van der Waals surface area contributed by atoms with Crippen LogP contribution in [0.15, 0.2) is 55.1 Å². The van der Waals surface area contributed by atoms with Gasteiger partial charge in [-0.1, -0.05) is 6.07 Å². The van der Waals surface area contributed by atoms with Gasteiger partial charge in [0.2, 0.25) is 16.0 Å². The fourth-order valence-electron chi connectivity index (χ4n) is 3.66. The SMILES string of the molecule is COc1cccc(OC)c1-n1c(NS(=O)(=O)C(C)C(OC)c2ncc(F)cn2)nnc1-c1cccnc1. The molecule has 0 saturated heterocycles. The number of aromatic nitrogens is 6. The quantitative estimate of drug-likeness (QED) is 0.326. The Labute approximate surface area is 212 Å². The van der Waals surface area contributed by atoms with Gasteiger partial charge >= 0.3 is 0 Å². The highest BCUT2D eigenvalue weighted by atomic mass is 32.2. The fourth-order valence-corrected chi connectivity index (χ4v) is 4.79. The molecule has 12 nitrogen and oxygen atoms in total. The van der Waals surface area contributed by atoms with Crippen LogP contribution in [-0.2, 0) is 14.8 Å². The van der Waals surface area contributed by atoms with Gasteiger partial charge in [0.15, 0.2) is 17.5 Å². The molecule has 4 rings (SSSR count). The van der Waals surface area contributed by atoms with Gasteiger partial charge in [0.05, 0.1) is 26.6 Å². The minimum atomic E-state index is -4.19. The number of nitrogens with zero attached hydrogens (tertiary/aromatic N) is 6. The highest BCUT2D eigenvalue weighted by molar-refractivity contribution is 7.93. The second-order valence-electron chi connectivity index (χ2n) is 7.70. The van der Waals surface area contributed by atoms with Gasteiger partial charge in [0, 0.05) is 25.1 Å². The number of nitrogens with one attached hydrogen (secondary N) is 1. The van der Waals surface area contributed by atoms with E-state index in [1.54, 1.807) is 42.7 Å². The first-order valence-electron chi connectivity index (χ1n) is 10.9. The average Bonchev–Trinajstić information content (AvgIpc) is 3.32. The monoisotopic (exact) mass is 529 g/mol. The maximum atomic E-state index is 13.5. The van der Waals surface area contributed by atoms with Crippen LogP contribution in [0, 0.1) is 5.82 Å². The summed E-state index contributed by atoms with van der Waals surface area (Å²) in [4.78, 5) is 11.9. The van der Waals surface area contributed by atoms with Crippen LogP contribution >= 0.6 is 0 Å². The summed E-state index contributed by atoms with van der Waals surface area (Å²) in [6.45, 7) is 1.41. The van der Waals surface area contributed by atoms with E-state index in [4.69, 9.17) is 14.2 Å². The zero-order valence-electron chi connectivity index (χ0n) is 20.4. The molecule has 2 atom stereocenters. The minimum Gasteiger partial charge on any atom is -0.494 e. The van der Waals surface area contributed by atoms with Crippen LogP contribution < -0.4 is 14.2 Å². The molecule has 2 unspecified atom stereocenters. The smallest absolute Gasteiger partial charge is 0.243 e. The van der Waals surface area contributed by atoms with Crippen LogP contribution in [0.25, 0.3) is 17.1 Å². The molecule has 1 N–H and O–H groups in total. The second kappa shape index (κ2) is 10.8. The molecule has 0 radical (unpaired) electrons. The zero-order valence-corrected chi connectivity index (χ0v) is 21.2. The van der Waals surface area contributed by atoms with Crippen molar-refractivity contribution in [1.29, 1.82) is 0 Å². The van der Waals surface area contributed by atoms with Gasteiger partial charge in [-0.15, -0.1) is 10.2 Å². The van der Waals surface area contributed by atoms with Crippen molar-refractivity contribution in [3.8, 4) is 28.6 Å². The van der Waals surface area contributed by atoms with Crippen LogP contribution in [-0.4, -0.2) is 64.7 Å². The van der Waals surface area contributed by atoms with Gasteiger partial charge in [-0.3, -0.25) is 14.3 Å². The first kappa shape index (κ1) is 25.9. The van der Waals surface area contributed by atoms with E-state index in [1.807, 2.05) is 0 Å². The number of halogens is 1. The molecule has 0 aliphatic heterocycles. The lowest BCUT2D eigenvalue weighted by atomic mass is 10.2. The highest BCUT2D eigenvalue weighted by Gasteiger charge is 2.35. The molecule has 0 amide bonds. The lowest BCUT2D eigenvalue weighted by molar-refractivity contribution is 0.0948. The van der Waals surface area contributed by atoms with E-state index in [0.717, 1.165) is 12.4 Å². The largest absolute Gasteiger partial charge is 0.494 e. The summed E-state index contributed by atoms with van der Waals surface area (Å²) in [5.41, 5.74) is 0.933. The van der Waals surface area contributed by atoms with Crippen LogP contribution in [0.5, 0.6) is 11.5 Å². The molecular formula is C23H24FN7O5S. The number of anilines is 1. The molecule has 3 aromatic heterocycles. The molecule has 4 aromatic rings. The third kappa shape index (κ3) is 5.20. The van der Waals surface area contributed by atoms with E-state index in [-0.39, 0.29) is 17.6 Å². The van der Waals surface area contributed by atoms with Crippen molar-refractivity contribution in [3.63, 3.8) is 0 Å². The van der Waals surface area contributed by atoms with E-state index in [2.05, 4.69) is 29.9 Å². The lowest BCUT2D eigenvalue weighted by Crippen LogP contribution is -2.33. The molecule has 3 heterocycles. The van der Waals surface area contributed by atoms with E-state index < -0.39 is 27.2 Å². The summed E-state index contributed by atoms with van der Waals surface area (Å²) in [7, 11) is 0.0736. The van der Waals surface area contributed by atoms with Crippen molar-refractivity contribution in [1.82, 2.24) is 29.7 Å². The van der Waals surface area contributed by atoms with Crippen molar-refractivity contribution < 1.29 is 27.0 Å². The standard InChI is InChI=1S/C23H24FN7O5S/c1-14(20(36-4)21-26-12-16(24)13-27-21)37(32,33)30-23-29-28-22(15-7-6-10-25-11-15)31(23)19-17(34-2)8-5-9-18(19)35-3/h5-14,20H,1-4H3,(H,29,30). The summed E-state index contributed by atoms with van der Waals surface area (Å²) in [6, 6.07) is 8.58. The van der Waals surface area contributed by atoms with Crippen LogP contribution in [0.2, 0.25) is 0 Å². The Morgan fingerprint density at radius 3 is 2.22 bits per heavy atom. The van der Waals surface area contributed by atoms with Crippen molar-refractivity contribution in [2.45, 2.75) is 18.3 Å². The summed E-state index contributed by atoms with van der Waals surface area (Å²) in [5.74, 6) is 0.258. The Morgan fingerprint density at radius 1 is 0.973 bits per heavy atom. The summed E-state index contributed by atoms with van der Waals surface area (Å²) < 4.78 is 60.7. The molecule has 194 valence electrons. The molecule has 0 aliphatic carbocycles. The zero-order chi connectivity index (χ0) is 26.6. The fraction of sp³-hybridized carbons (Fsp3) is 0.261. The van der Waals surface area contributed by atoms with Crippen molar-refractivity contribution in [2.75, 3.05) is 26.1 Å². The van der Waals surface area contributed by atoms with E-state index >= 15 is 0 Å². The Balaban J connectivity index is 1.83. The number of ether oxygens (including phenoxy) is 3. The first-order chi connectivity index (χ1) is 17.8. The minimum absolute atomic E-state index is 0.00527. The van der Waals surface area contributed by atoms with Gasteiger partial charge < -0.3 is 14.2 Å². The Bertz CT molecular complexity index is 1440. The van der Waals surface area contributed by atoms with Crippen LogP contribution in [0.3, 0.4) is 0 Å². The normalized spacial score (nSPS) is 13.1. The average molecular weight is 530 g/mol. The maximum absolute atomic E-state index is 13.5. The molecule has 0 spiro atoms. The Hall–Kier alpha value is -4.17. The number of hydrogen-bond donors (Lipinski definition) is 1. The lowest BCUT2D eigenvalue weighted by Gasteiger charge is -2.22. The first-order valence-corrected chi connectivity index (χ1v) is 12.4.